The first-order valence-corrected chi connectivity index (χ1v) is 11.1. The summed E-state index contributed by atoms with van der Waals surface area (Å²) in [6.07, 6.45) is 4.75. The van der Waals surface area contributed by atoms with Crippen molar-refractivity contribution in [1.82, 2.24) is 14.2 Å². The summed E-state index contributed by atoms with van der Waals surface area (Å²) < 4.78 is 39.2. The van der Waals surface area contributed by atoms with E-state index in [-0.39, 0.29) is 24.2 Å². The Morgan fingerprint density at radius 2 is 2.00 bits per heavy atom. The molecule has 0 aromatic carbocycles. The predicted molar refractivity (Wildman–Crippen MR) is 108 cm³/mol. The van der Waals surface area contributed by atoms with Crippen molar-refractivity contribution in [3.05, 3.63) is 36.5 Å². The molecular formula is C20H29N3O5S. The average molecular weight is 424 g/mol. The van der Waals surface area contributed by atoms with Crippen LogP contribution in [0.15, 0.2) is 41.6 Å². The van der Waals surface area contributed by atoms with E-state index in [1.807, 2.05) is 26.8 Å². The minimum absolute atomic E-state index is 0.00761. The molecule has 1 fully saturated rings. The standard InChI is InChI=1S/C20H29N3O5S/c1-19(2,3)28-18(24)23-15-10-7-9-13-22(14-16(15)27-20(23,4)5)29(25,26)17-11-6-8-12-21-17/h6-9,11-12,15-16H,10,13-14H2,1-5H3. The van der Waals surface area contributed by atoms with Crippen molar-refractivity contribution in [3.63, 3.8) is 0 Å². The Hall–Kier alpha value is -1.97. The van der Waals surface area contributed by atoms with Crippen LogP contribution < -0.4 is 0 Å². The van der Waals surface area contributed by atoms with Crippen molar-refractivity contribution in [3.8, 4) is 0 Å². The molecule has 2 aliphatic rings. The van der Waals surface area contributed by atoms with Crippen molar-refractivity contribution in [2.24, 2.45) is 0 Å². The van der Waals surface area contributed by atoms with E-state index >= 15 is 0 Å². The minimum Gasteiger partial charge on any atom is -0.444 e. The SMILES string of the molecule is CC(C)(C)OC(=O)N1C2CC=CCN(S(=O)(=O)c3ccccn3)CC2OC1(C)C. The van der Waals surface area contributed by atoms with Gasteiger partial charge in [-0.2, -0.15) is 4.31 Å². The fourth-order valence-electron chi connectivity index (χ4n) is 3.69. The Morgan fingerprint density at radius 1 is 1.28 bits per heavy atom. The molecule has 160 valence electrons. The molecule has 2 unspecified atom stereocenters. The highest BCUT2D eigenvalue weighted by Gasteiger charge is 2.52. The van der Waals surface area contributed by atoms with Crippen molar-refractivity contribution in [2.45, 2.75) is 69.5 Å². The number of hydrogen-bond donors (Lipinski definition) is 0. The van der Waals surface area contributed by atoms with Crippen LogP contribution in [-0.4, -0.2) is 65.3 Å². The second-order valence-corrected chi connectivity index (χ2v) is 10.6. The summed E-state index contributed by atoms with van der Waals surface area (Å²) in [5, 5.41) is -0.00761. The maximum atomic E-state index is 13.1. The van der Waals surface area contributed by atoms with E-state index in [0.29, 0.717) is 6.42 Å². The monoisotopic (exact) mass is 423 g/mol. The number of carbonyl (C=O) groups excluding carboxylic acids is 1. The van der Waals surface area contributed by atoms with Gasteiger partial charge >= 0.3 is 6.09 Å². The van der Waals surface area contributed by atoms with Crippen LogP contribution in [0.25, 0.3) is 0 Å². The lowest BCUT2D eigenvalue weighted by atomic mass is 10.0. The van der Waals surface area contributed by atoms with Gasteiger partial charge in [0, 0.05) is 19.3 Å². The zero-order valence-electron chi connectivity index (χ0n) is 17.5. The lowest BCUT2D eigenvalue weighted by Crippen LogP contribution is -2.51. The van der Waals surface area contributed by atoms with Crippen molar-refractivity contribution in [2.75, 3.05) is 13.1 Å². The van der Waals surface area contributed by atoms with Gasteiger partial charge in [-0.05, 0) is 53.2 Å². The van der Waals surface area contributed by atoms with Gasteiger partial charge in [0.05, 0.1) is 12.1 Å². The second-order valence-electron chi connectivity index (χ2n) is 8.72. The van der Waals surface area contributed by atoms with Gasteiger partial charge in [-0.3, -0.25) is 4.90 Å². The van der Waals surface area contributed by atoms with Gasteiger partial charge in [-0.25, -0.2) is 18.2 Å². The number of hydrogen-bond acceptors (Lipinski definition) is 6. The third kappa shape index (κ3) is 4.62. The zero-order valence-corrected chi connectivity index (χ0v) is 18.3. The molecule has 9 heteroatoms. The molecule has 0 radical (unpaired) electrons. The summed E-state index contributed by atoms with van der Waals surface area (Å²) in [5.41, 5.74) is -1.56. The van der Waals surface area contributed by atoms with Gasteiger partial charge in [0.2, 0.25) is 0 Å². The summed E-state index contributed by atoms with van der Waals surface area (Å²) in [6.45, 7) is 9.36. The van der Waals surface area contributed by atoms with Crippen LogP contribution >= 0.6 is 0 Å². The van der Waals surface area contributed by atoms with E-state index in [9.17, 15) is 13.2 Å². The molecule has 3 heterocycles. The van der Waals surface area contributed by atoms with Crippen LogP contribution in [0.5, 0.6) is 0 Å². The van der Waals surface area contributed by atoms with E-state index in [0.717, 1.165) is 0 Å². The number of nitrogens with zero attached hydrogens (tertiary/aromatic N) is 3. The van der Waals surface area contributed by atoms with Crippen LogP contribution in [0, 0.1) is 0 Å². The molecule has 2 atom stereocenters. The summed E-state index contributed by atoms with van der Waals surface area (Å²) in [4.78, 5) is 18.5. The summed E-state index contributed by atoms with van der Waals surface area (Å²) in [6, 6.07) is 4.45. The maximum absolute atomic E-state index is 13.1. The molecule has 0 bridgehead atoms. The molecule has 1 amide bonds. The van der Waals surface area contributed by atoms with Gasteiger partial charge in [0.1, 0.15) is 11.3 Å². The van der Waals surface area contributed by atoms with Gasteiger partial charge in [0.15, 0.2) is 5.03 Å². The molecule has 0 saturated carbocycles. The van der Waals surface area contributed by atoms with Crippen LogP contribution in [-0.2, 0) is 19.5 Å². The smallest absolute Gasteiger partial charge is 0.412 e. The van der Waals surface area contributed by atoms with Crippen molar-refractivity contribution >= 4 is 16.1 Å². The van der Waals surface area contributed by atoms with E-state index in [1.165, 1.54) is 16.6 Å². The summed E-state index contributed by atoms with van der Waals surface area (Å²) in [7, 11) is -3.79. The summed E-state index contributed by atoms with van der Waals surface area (Å²) in [5.74, 6) is 0. The lowest BCUT2D eigenvalue weighted by Gasteiger charge is -2.35. The molecule has 0 N–H and O–H groups in total. The molecule has 8 nitrogen and oxygen atoms in total. The number of carbonyl (C=O) groups is 1. The third-order valence-electron chi connectivity index (χ3n) is 4.85. The fourth-order valence-corrected chi connectivity index (χ4v) is 5.02. The molecule has 0 spiro atoms. The van der Waals surface area contributed by atoms with Crippen LogP contribution in [0.1, 0.15) is 41.0 Å². The van der Waals surface area contributed by atoms with E-state index in [1.54, 1.807) is 37.0 Å². The molecule has 1 saturated heterocycles. The molecule has 0 aliphatic carbocycles. The highest BCUT2D eigenvalue weighted by molar-refractivity contribution is 7.89. The molecule has 3 rings (SSSR count). The third-order valence-corrected chi connectivity index (χ3v) is 6.60. The second kappa shape index (κ2) is 7.70. The fraction of sp³-hybridized carbons (Fsp3) is 0.600. The quantitative estimate of drug-likeness (QED) is 0.680. The Bertz CT molecular complexity index is 877. The maximum Gasteiger partial charge on any atom is 0.412 e. The van der Waals surface area contributed by atoms with Gasteiger partial charge in [-0.15, -0.1) is 0 Å². The van der Waals surface area contributed by atoms with E-state index in [2.05, 4.69) is 4.98 Å². The molecule has 1 aromatic rings. The number of pyridine rings is 1. The van der Waals surface area contributed by atoms with Crippen LogP contribution in [0.2, 0.25) is 0 Å². The highest BCUT2D eigenvalue weighted by atomic mass is 32.2. The highest BCUT2D eigenvalue weighted by Crippen LogP contribution is 2.37. The first-order valence-electron chi connectivity index (χ1n) is 9.68. The lowest BCUT2D eigenvalue weighted by molar-refractivity contribution is -0.0802. The van der Waals surface area contributed by atoms with Crippen molar-refractivity contribution < 1.29 is 22.7 Å². The number of sulfonamides is 1. The number of rotatable bonds is 2. The number of ether oxygens (including phenoxy) is 2. The topological polar surface area (TPSA) is 89.0 Å². The first-order chi connectivity index (χ1) is 13.4. The largest absolute Gasteiger partial charge is 0.444 e. The Morgan fingerprint density at radius 3 is 2.62 bits per heavy atom. The summed E-state index contributed by atoms with van der Waals surface area (Å²) >= 11 is 0. The molecule has 29 heavy (non-hydrogen) atoms. The molecule has 2 aliphatic heterocycles. The Balaban J connectivity index is 1.89. The normalized spacial score (nSPS) is 25.2. The Kier molecular flexibility index (Phi) is 5.77. The zero-order chi connectivity index (χ0) is 21.4. The predicted octanol–water partition coefficient (Wildman–Crippen LogP) is 2.77. The van der Waals surface area contributed by atoms with Gasteiger partial charge < -0.3 is 9.47 Å². The van der Waals surface area contributed by atoms with E-state index in [4.69, 9.17) is 9.47 Å². The van der Waals surface area contributed by atoms with Crippen molar-refractivity contribution in [1.29, 1.82) is 0 Å². The van der Waals surface area contributed by atoms with Crippen LogP contribution in [0.4, 0.5) is 4.79 Å². The average Bonchev–Trinajstić information content (AvgIpc) is 2.83. The number of amides is 1. The molecular weight excluding hydrogens is 394 g/mol. The van der Waals surface area contributed by atoms with Crippen LogP contribution in [0.3, 0.4) is 0 Å². The van der Waals surface area contributed by atoms with E-state index < -0.39 is 33.5 Å². The van der Waals surface area contributed by atoms with Gasteiger partial charge in [0.25, 0.3) is 10.0 Å². The Labute approximate surface area is 172 Å². The number of aromatic nitrogens is 1. The molecule has 1 aromatic heterocycles. The first kappa shape index (κ1) is 21.7. The number of fused-ring (bicyclic) bond motifs is 1. The minimum atomic E-state index is -3.79. The van der Waals surface area contributed by atoms with Gasteiger partial charge in [-0.1, -0.05) is 18.2 Å².